The molecule has 1 saturated heterocycles. The fraction of sp³-hybridized carbons (Fsp3) is 0.261. The lowest BCUT2D eigenvalue weighted by Crippen LogP contribution is -2.50. The van der Waals surface area contributed by atoms with Gasteiger partial charge in [-0.3, -0.25) is 4.79 Å². The van der Waals surface area contributed by atoms with Crippen LogP contribution in [-0.4, -0.2) is 60.7 Å². The van der Waals surface area contributed by atoms with Crippen molar-refractivity contribution in [2.45, 2.75) is 0 Å². The predicted octanol–water partition coefficient (Wildman–Crippen LogP) is 3.53. The van der Waals surface area contributed by atoms with Gasteiger partial charge in [-0.05, 0) is 42.5 Å². The van der Waals surface area contributed by atoms with Crippen LogP contribution in [-0.2, 0) is 4.79 Å². The van der Waals surface area contributed by atoms with Gasteiger partial charge < -0.3 is 19.3 Å². The number of halogens is 1. The number of hydrogen-bond donors (Lipinski definition) is 0. The number of benzene rings is 2. The summed E-state index contributed by atoms with van der Waals surface area (Å²) in [6.45, 7) is 2.61. The maximum atomic E-state index is 12.5. The third-order valence-corrected chi connectivity index (χ3v) is 5.39. The van der Waals surface area contributed by atoms with Crippen molar-refractivity contribution in [1.82, 2.24) is 14.9 Å². The van der Waals surface area contributed by atoms with Crippen molar-refractivity contribution >= 4 is 23.3 Å². The second-order valence-electron chi connectivity index (χ2n) is 7.10. The first-order chi connectivity index (χ1) is 15.1. The topological polar surface area (TPSA) is 67.8 Å². The molecule has 1 aromatic heterocycles. The first kappa shape index (κ1) is 20.9. The maximum Gasteiger partial charge on any atom is 0.260 e. The molecule has 2 heterocycles. The number of ether oxygens (including phenoxy) is 2. The van der Waals surface area contributed by atoms with Crippen molar-refractivity contribution in [2.75, 3.05) is 44.8 Å². The monoisotopic (exact) mass is 438 g/mol. The van der Waals surface area contributed by atoms with Gasteiger partial charge in [0.05, 0.1) is 12.8 Å². The minimum Gasteiger partial charge on any atom is -0.497 e. The van der Waals surface area contributed by atoms with Gasteiger partial charge >= 0.3 is 0 Å². The van der Waals surface area contributed by atoms with E-state index in [0.29, 0.717) is 37.0 Å². The van der Waals surface area contributed by atoms with Gasteiger partial charge in [0.1, 0.15) is 23.6 Å². The molecule has 1 fully saturated rings. The Morgan fingerprint density at radius 2 is 1.77 bits per heavy atom. The summed E-state index contributed by atoms with van der Waals surface area (Å²) in [6.07, 6.45) is 1.57. The molecule has 2 aromatic carbocycles. The molecule has 4 rings (SSSR count). The Hall–Kier alpha value is -3.32. The molecular formula is C23H23ClN4O3. The van der Waals surface area contributed by atoms with E-state index in [0.717, 1.165) is 22.8 Å². The smallest absolute Gasteiger partial charge is 0.260 e. The van der Waals surface area contributed by atoms with Crippen molar-refractivity contribution in [3.8, 4) is 22.8 Å². The highest BCUT2D eigenvalue weighted by atomic mass is 35.5. The van der Waals surface area contributed by atoms with Crippen LogP contribution in [0.1, 0.15) is 0 Å². The zero-order chi connectivity index (χ0) is 21.6. The Bertz CT molecular complexity index is 1040. The number of methoxy groups -OCH3 is 1. The summed E-state index contributed by atoms with van der Waals surface area (Å²) in [5, 5.41) is 0.581. The molecule has 7 nitrogen and oxygen atoms in total. The zero-order valence-electron chi connectivity index (χ0n) is 17.2. The molecule has 8 heteroatoms. The number of piperazine rings is 1. The maximum absolute atomic E-state index is 12.5. The number of nitrogens with zero attached hydrogens (tertiary/aromatic N) is 4. The van der Waals surface area contributed by atoms with Crippen LogP contribution in [0.3, 0.4) is 0 Å². The molecule has 1 amide bonds. The Balaban J connectivity index is 1.33. The Morgan fingerprint density at radius 3 is 2.48 bits per heavy atom. The van der Waals surface area contributed by atoms with Gasteiger partial charge in [0.25, 0.3) is 5.91 Å². The minimum absolute atomic E-state index is 0.00450. The molecule has 0 aliphatic carbocycles. The van der Waals surface area contributed by atoms with Gasteiger partial charge in [-0.15, -0.1) is 0 Å². The number of carbonyl (C=O) groups excluding carboxylic acids is 1. The third-order valence-electron chi connectivity index (χ3n) is 5.15. The standard InChI is InChI=1S/C23H23ClN4O3/c1-30-19-7-5-17(6-8-19)21-14-22(26-16-25-21)27-9-11-28(12-10-27)23(29)15-31-20-4-2-3-18(24)13-20/h2-8,13-14,16H,9-12,15H2,1H3. The highest BCUT2D eigenvalue weighted by Gasteiger charge is 2.22. The Labute approximate surface area is 186 Å². The summed E-state index contributed by atoms with van der Waals surface area (Å²) in [7, 11) is 1.64. The summed E-state index contributed by atoms with van der Waals surface area (Å²) >= 11 is 5.95. The van der Waals surface area contributed by atoms with E-state index in [-0.39, 0.29) is 12.5 Å². The number of anilines is 1. The van der Waals surface area contributed by atoms with Gasteiger partial charge in [0.2, 0.25) is 0 Å². The van der Waals surface area contributed by atoms with E-state index < -0.39 is 0 Å². The highest BCUT2D eigenvalue weighted by Crippen LogP contribution is 2.24. The van der Waals surface area contributed by atoms with E-state index in [9.17, 15) is 4.79 Å². The fourth-order valence-corrected chi connectivity index (χ4v) is 3.60. The first-order valence-corrected chi connectivity index (χ1v) is 10.4. The minimum atomic E-state index is -0.0405. The predicted molar refractivity (Wildman–Crippen MR) is 120 cm³/mol. The number of rotatable bonds is 6. The van der Waals surface area contributed by atoms with E-state index >= 15 is 0 Å². The van der Waals surface area contributed by atoms with Crippen LogP contribution in [0.15, 0.2) is 60.9 Å². The molecule has 3 aromatic rings. The lowest BCUT2D eigenvalue weighted by Gasteiger charge is -2.35. The van der Waals surface area contributed by atoms with Gasteiger partial charge in [-0.1, -0.05) is 17.7 Å². The van der Waals surface area contributed by atoms with Gasteiger partial charge in [-0.25, -0.2) is 9.97 Å². The van der Waals surface area contributed by atoms with Gasteiger partial charge in [0, 0.05) is 42.8 Å². The van der Waals surface area contributed by atoms with Crippen LogP contribution in [0.5, 0.6) is 11.5 Å². The largest absolute Gasteiger partial charge is 0.497 e. The lowest BCUT2D eigenvalue weighted by atomic mass is 10.1. The van der Waals surface area contributed by atoms with Crippen LogP contribution in [0.2, 0.25) is 5.02 Å². The average molecular weight is 439 g/mol. The number of carbonyl (C=O) groups is 1. The van der Waals surface area contributed by atoms with Crippen molar-refractivity contribution in [2.24, 2.45) is 0 Å². The van der Waals surface area contributed by atoms with Crippen molar-refractivity contribution in [1.29, 1.82) is 0 Å². The summed E-state index contributed by atoms with van der Waals surface area (Å²) < 4.78 is 10.8. The molecule has 31 heavy (non-hydrogen) atoms. The van der Waals surface area contributed by atoms with Crippen molar-refractivity contribution < 1.29 is 14.3 Å². The van der Waals surface area contributed by atoms with Gasteiger partial charge in [0.15, 0.2) is 6.61 Å². The highest BCUT2D eigenvalue weighted by molar-refractivity contribution is 6.30. The SMILES string of the molecule is COc1ccc(-c2cc(N3CCN(C(=O)COc4cccc(Cl)c4)CC3)ncn2)cc1. The third kappa shape index (κ3) is 5.24. The van der Waals surface area contributed by atoms with E-state index in [1.807, 2.05) is 35.2 Å². The zero-order valence-corrected chi connectivity index (χ0v) is 18.0. The molecule has 160 valence electrons. The van der Waals surface area contributed by atoms with E-state index in [2.05, 4.69) is 14.9 Å². The van der Waals surface area contributed by atoms with Crippen molar-refractivity contribution in [3.05, 3.63) is 65.9 Å². The number of hydrogen-bond acceptors (Lipinski definition) is 6. The summed E-state index contributed by atoms with van der Waals surface area (Å²) in [6, 6.07) is 16.8. The molecule has 0 spiro atoms. The molecule has 0 atom stereocenters. The Kier molecular flexibility index (Phi) is 6.52. The second kappa shape index (κ2) is 9.66. The summed E-state index contributed by atoms with van der Waals surface area (Å²) in [4.78, 5) is 25.3. The van der Waals surface area contributed by atoms with Crippen LogP contribution in [0, 0.1) is 0 Å². The molecular weight excluding hydrogens is 416 g/mol. The molecule has 0 N–H and O–H groups in total. The summed E-state index contributed by atoms with van der Waals surface area (Å²) in [5.41, 5.74) is 1.84. The lowest BCUT2D eigenvalue weighted by molar-refractivity contribution is -0.133. The molecule has 0 radical (unpaired) electrons. The molecule has 0 saturated carbocycles. The van der Waals surface area contributed by atoms with Crippen molar-refractivity contribution in [3.63, 3.8) is 0 Å². The summed E-state index contributed by atoms with van der Waals surface area (Å²) in [5.74, 6) is 2.20. The first-order valence-electron chi connectivity index (χ1n) is 10.00. The molecule has 1 aliphatic rings. The van der Waals surface area contributed by atoms with Crippen LogP contribution in [0.4, 0.5) is 5.82 Å². The van der Waals surface area contributed by atoms with Crippen LogP contribution < -0.4 is 14.4 Å². The van der Waals surface area contributed by atoms with E-state index in [1.54, 1.807) is 37.7 Å². The van der Waals surface area contributed by atoms with Crippen LogP contribution in [0.25, 0.3) is 11.3 Å². The number of aromatic nitrogens is 2. The molecule has 0 unspecified atom stereocenters. The normalized spacial score (nSPS) is 13.7. The molecule has 1 aliphatic heterocycles. The Morgan fingerprint density at radius 1 is 1.00 bits per heavy atom. The fourth-order valence-electron chi connectivity index (χ4n) is 3.42. The van der Waals surface area contributed by atoms with Crippen LogP contribution >= 0.6 is 11.6 Å². The quantitative estimate of drug-likeness (QED) is 0.586. The van der Waals surface area contributed by atoms with E-state index in [1.165, 1.54) is 0 Å². The second-order valence-corrected chi connectivity index (χ2v) is 7.54. The van der Waals surface area contributed by atoms with Gasteiger partial charge in [-0.2, -0.15) is 0 Å². The average Bonchev–Trinajstić information content (AvgIpc) is 2.83. The van der Waals surface area contributed by atoms with E-state index in [4.69, 9.17) is 21.1 Å². The number of amides is 1. The molecule has 0 bridgehead atoms.